The Morgan fingerprint density at radius 3 is 2.48 bits per heavy atom. The molecule has 2 aromatic carbocycles. The summed E-state index contributed by atoms with van der Waals surface area (Å²) in [5, 5.41) is 3.02. The van der Waals surface area contributed by atoms with Crippen molar-refractivity contribution in [3.8, 4) is 11.5 Å². The van der Waals surface area contributed by atoms with Gasteiger partial charge in [0, 0.05) is 5.69 Å². The normalized spacial score (nSPS) is 14.3. The van der Waals surface area contributed by atoms with Gasteiger partial charge in [0.1, 0.15) is 13.2 Å². The maximum atomic E-state index is 12.5. The van der Waals surface area contributed by atoms with Crippen molar-refractivity contribution in [3.63, 3.8) is 0 Å². The zero-order chi connectivity index (χ0) is 19.6. The zero-order valence-corrected chi connectivity index (χ0v) is 16.4. The third-order valence-corrected chi connectivity index (χ3v) is 4.85. The number of carbonyl (C=O) groups is 1. The third-order valence-electron chi connectivity index (χ3n) is 3.93. The van der Waals surface area contributed by atoms with E-state index in [-0.39, 0.29) is 22.5 Å². The summed E-state index contributed by atoms with van der Waals surface area (Å²) in [7, 11) is -3.42. The molecule has 0 aromatic heterocycles. The molecule has 144 valence electrons. The smallest absolute Gasteiger partial charge is 0.253 e. The number of benzene rings is 2. The summed E-state index contributed by atoms with van der Waals surface area (Å²) in [6, 6.07) is 9.56. The van der Waals surface area contributed by atoms with Crippen LogP contribution in [0.5, 0.6) is 11.5 Å². The molecule has 0 aliphatic carbocycles. The SMILES string of the molecule is C[C@H](NC(=O)c1ccc(NS(C)(=O)=O)cc1Cl)c1ccc2c(c1)OCCO2. The first-order valence-corrected chi connectivity index (χ1v) is 10.5. The summed E-state index contributed by atoms with van der Waals surface area (Å²) in [4.78, 5) is 12.5. The number of rotatable bonds is 5. The predicted octanol–water partition coefficient (Wildman–Crippen LogP) is 2.97. The Kier molecular flexibility index (Phi) is 5.48. The lowest BCUT2D eigenvalue weighted by Crippen LogP contribution is -2.27. The molecule has 0 radical (unpaired) electrons. The first-order chi connectivity index (χ1) is 12.7. The van der Waals surface area contributed by atoms with E-state index in [2.05, 4.69) is 10.0 Å². The molecule has 0 unspecified atom stereocenters. The first-order valence-electron chi connectivity index (χ1n) is 8.21. The molecule has 27 heavy (non-hydrogen) atoms. The lowest BCUT2D eigenvalue weighted by molar-refractivity contribution is 0.0940. The first kappa shape index (κ1) is 19.3. The molecule has 9 heteroatoms. The molecule has 1 amide bonds. The number of nitrogens with one attached hydrogen (secondary N) is 2. The van der Waals surface area contributed by atoms with E-state index < -0.39 is 10.0 Å². The molecule has 0 saturated carbocycles. The minimum atomic E-state index is -3.42. The lowest BCUT2D eigenvalue weighted by atomic mass is 10.1. The number of amides is 1. The van der Waals surface area contributed by atoms with Crippen molar-refractivity contribution in [1.82, 2.24) is 5.32 Å². The monoisotopic (exact) mass is 410 g/mol. The molecule has 3 rings (SSSR count). The van der Waals surface area contributed by atoms with Crippen LogP contribution in [0.2, 0.25) is 5.02 Å². The maximum Gasteiger partial charge on any atom is 0.253 e. The highest BCUT2D eigenvalue weighted by Crippen LogP contribution is 2.32. The fourth-order valence-corrected chi connectivity index (χ4v) is 3.49. The Hall–Kier alpha value is -2.45. The van der Waals surface area contributed by atoms with Crippen molar-refractivity contribution in [3.05, 3.63) is 52.5 Å². The van der Waals surface area contributed by atoms with Crippen LogP contribution in [-0.4, -0.2) is 33.8 Å². The van der Waals surface area contributed by atoms with E-state index >= 15 is 0 Å². The van der Waals surface area contributed by atoms with Crippen LogP contribution in [0.3, 0.4) is 0 Å². The highest BCUT2D eigenvalue weighted by atomic mass is 35.5. The second-order valence-corrected chi connectivity index (χ2v) is 8.32. The van der Waals surface area contributed by atoms with Crippen molar-refractivity contribution in [2.24, 2.45) is 0 Å². The average molecular weight is 411 g/mol. The summed E-state index contributed by atoms with van der Waals surface area (Å²) in [6.45, 7) is 2.85. The Morgan fingerprint density at radius 1 is 1.11 bits per heavy atom. The van der Waals surface area contributed by atoms with E-state index in [1.54, 1.807) is 0 Å². The van der Waals surface area contributed by atoms with Gasteiger partial charge in [-0.1, -0.05) is 17.7 Å². The van der Waals surface area contributed by atoms with E-state index in [0.29, 0.717) is 30.4 Å². The summed E-state index contributed by atoms with van der Waals surface area (Å²) in [6.07, 6.45) is 1.04. The molecular weight excluding hydrogens is 392 g/mol. The highest BCUT2D eigenvalue weighted by Gasteiger charge is 2.18. The van der Waals surface area contributed by atoms with Crippen LogP contribution in [0.25, 0.3) is 0 Å². The van der Waals surface area contributed by atoms with Crippen molar-refractivity contribution in [2.45, 2.75) is 13.0 Å². The Bertz CT molecular complexity index is 978. The summed E-state index contributed by atoms with van der Waals surface area (Å²) < 4.78 is 35.9. The molecule has 1 aliphatic rings. The molecule has 1 atom stereocenters. The van der Waals surface area contributed by atoms with Crippen molar-refractivity contribution < 1.29 is 22.7 Å². The van der Waals surface area contributed by atoms with Crippen LogP contribution in [0.1, 0.15) is 28.9 Å². The maximum absolute atomic E-state index is 12.5. The van der Waals surface area contributed by atoms with E-state index in [9.17, 15) is 13.2 Å². The summed E-state index contributed by atoms with van der Waals surface area (Å²) >= 11 is 6.15. The zero-order valence-electron chi connectivity index (χ0n) is 14.8. The van der Waals surface area contributed by atoms with Gasteiger partial charge in [0.15, 0.2) is 11.5 Å². The molecule has 2 N–H and O–H groups in total. The van der Waals surface area contributed by atoms with Crippen LogP contribution in [0.15, 0.2) is 36.4 Å². The molecule has 0 spiro atoms. The van der Waals surface area contributed by atoms with Crippen molar-refractivity contribution in [2.75, 3.05) is 24.2 Å². The van der Waals surface area contributed by atoms with Crippen LogP contribution >= 0.6 is 11.6 Å². The van der Waals surface area contributed by atoms with Gasteiger partial charge in [-0.2, -0.15) is 0 Å². The molecule has 2 aromatic rings. The van der Waals surface area contributed by atoms with Crippen LogP contribution in [0, 0.1) is 0 Å². The number of carbonyl (C=O) groups excluding carboxylic acids is 1. The Labute approximate surface area is 162 Å². The van der Waals surface area contributed by atoms with Gasteiger partial charge in [0.2, 0.25) is 10.0 Å². The van der Waals surface area contributed by atoms with E-state index in [4.69, 9.17) is 21.1 Å². The molecule has 0 bridgehead atoms. The number of ether oxygens (including phenoxy) is 2. The number of fused-ring (bicyclic) bond motifs is 1. The number of hydrogen-bond donors (Lipinski definition) is 2. The molecule has 0 fully saturated rings. The van der Waals surface area contributed by atoms with E-state index in [1.165, 1.54) is 18.2 Å². The van der Waals surface area contributed by atoms with Crippen LogP contribution in [0.4, 0.5) is 5.69 Å². The van der Waals surface area contributed by atoms with Crippen molar-refractivity contribution in [1.29, 1.82) is 0 Å². The number of hydrogen-bond acceptors (Lipinski definition) is 5. The highest BCUT2D eigenvalue weighted by molar-refractivity contribution is 7.92. The topological polar surface area (TPSA) is 93.7 Å². The molecule has 0 saturated heterocycles. The lowest BCUT2D eigenvalue weighted by Gasteiger charge is -2.21. The van der Waals surface area contributed by atoms with Gasteiger partial charge in [-0.05, 0) is 42.8 Å². The van der Waals surface area contributed by atoms with Gasteiger partial charge in [0.05, 0.1) is 22.9 Å². The van der Waals surface area contributed by atoms with Gasteiger partial charge in [-0.15, -0.1) is 0 Å². The van der Waals surface area contributed by atoms with Crippen LogP contribution < -0.4 is 19.5 Å². The van der Waals surface area contributed by atoms with Crippen LogP contribution in [-0.2, 0) is 10.0 Å². The molecule has 1 heterocycles. The third kappa shape index (κ3) is 4.84. The second-order valence-electron chi connectivity index (χ2n) is 6.17. The van der Waals surface area contributed by atoms with Gasteiger partial charge < -0.3 is 14.8 Å². The van der Waals surface area contributed by atoms with Gasteiger partial charge >= 0.3 is 0 Å². The standard InChI is InChI=1S/C18H19ClN2O5S/c1-11(12-3-6-16-17(9-12)26-8-7-25-16)20-18(22)14-5-4-13(10-15(14)19)21-27(2,23)24/h3-6,9-11,21H,7-8H2,1-2H3,(H,20,22)/t11-/m0/s1. The van der Waals surface area contributed by atoms with Gasteiger partial charge in [-0.3, -0.25) is 9.52 Å². The predicted molar refractivity (Wildman–Crippen MR) is 103 cm³/mol. The Balaban J connectivity index is 1.73. The molecule has 7 nitrogen and oxygen atoms in total. The minimum Gasteiger partial charge on any atom is -0.486 e. The number of anilines is 1. The fraction of sp³-hybridized carbons (Fsp3) is 0.278. The van der Waals surface area contributed by atoms with Gasteiger partial charge in [0.25, 0.3) is 5.91 Å². The average Bonchev–Trinajstić information content (AvgIpc) is 2.59. The van der Waals surface area contributed by atoms with E-state index in [1.807, 2.05) is 25.1 Å². The molecule has 1 aliphatic heterocycles. The minimum absolute atomic E-state index is 0.149. The number of sulfonamides is 1. The van der Waals surface area contributed by atoms with Crippen molar-refractivity contribution >= 4 is 33.2 Å². The van der Waals surface area contributed by atoms with E-state index in [0.717, 1.165) is 11.8 Å². The fourth-order valence-electron chi connectivity index (χ4n) is 2.66. The second kappa shape index (κ2) is 7.66. The number of halogens is 1. The Morgan fingerprint density at radius 2 is 1.81 bits per heavy atom. The summed E-state index contributed by atoms with van der Waals surface area (Å²) in [5.74, 6) is 0.961. The summed E-state index contributed by atoms with van der Waals surface area (Å²) in [5.41, 5.74) is 1.40. The van der Waals surface area contributed by atoms with Gasteiger partial charge in [-0.25, -0.2) is 8.42 Å². The largest absolute Gasteiger partial charge is 0.486 e. The molecular formula is C18H19ClN2O5S. The quantitative estimate of drug-likeness (QED) is 0.790.